The van der Waals surface area contributed by atoms with Gasteiger partial charge in [-0.2, -0.15) is 0 Å². The van der Waals surface area contributed by atoms with Crippen molar-refractivity contribution in [1.29, 1.82) is 10.8 Å². The fourth-order valence-electron chi connectivity index (χ4n) is 7.10. The van der Waals surface area contributed by atoms with Crippen LogP contribution in [0.5, 0.6) is 0 Å². The van der Waals surface area contributed by atoms with Crippen LogP contribution in [0.1, 0.15) is 11.1 Å². The van der Waals surface area contributed by atoms with Crippen molar-refractivity contribution in [3.63, 3.8) is 0 Å². The summed E-state index contributed by atoms with van der Waals surface area (Å²) in [6.45, 7) is 0. The number of hydrogen-bond donors (Lipinski definition) is 2. The van der Waals surface area contributed by atoms with Crippen LogP contribution in [0.3, 0.4) is 0 Å². The van der Waals surface area contributed by atoms with Crippen LogP contribution in [0, 0.1) is 22.5 Å². The highest BCUT2D eigenvalue weighted by atomic mass is 19.1. The smallest absolute Gasteiger partial charge is 0.123 e. The van der Waals surface area contributed by atoms with Gasteiger partial charge in [-0.3, -0.25) is 20.8 Å². The van der Waals surface area contributed by atoms with Crippen molar-refractivity contribution in [3.05, 3.63) is 193 Å². The zero-order chi connectivity index (χ0) is 36.8. The average molecular weight is 701 g/mol. The first-order valence-corrected chi connectivity index (χ1v) is 17.5. The number of fused-ring (bicyclic) bond motifs is 2. The van der Waals surface area contributed by atoms with Crippen LogP contribution in [0.15, 0.2) is 170 Å². The molecule has 2 aromatic heterocycles. The van der Waals surface area contributed by atoms with Gasteiger partial charge in [0.2, 0.25) is 0 Å². The summed E-state index contributed by atoms with van der Waals surface area (Å²) in [6.07, 6.45) is 7.20. The average Bonchev–Trinajstić information content (AvgIpc) is 3.21. The first kappa shape index (κ1) is 32.7. The molecule has 8 aromatic rings. The predicted molar refractivity (Wildman–Crippen MR) is 217 cm³/mol. The van der Waals surface area contributed by atoms with Crippen molar-refractivity contribution in [1.82, 2.24) is 9.97 Å². The van der Waals surface area contributed by atoms with E-state index in [9.17, 15) is 8.78 Å². The SMILES string of the molecule is N=C1C=C(c2cc(-c3ccc4ccc(F)cc4c3)cc(-c3ccccn3)c2)C=C(c2cc(-c3ccc4ccc(F)cc4c3)cc(-c3ccccn3)c2)C1=N. The second-order valence-electron chi connectivity index (χ2n) is 13.4. The van der Waals surface area contributed by atoms with E-state index in [0.29, 0.717) is 5.57 Å². The molecule has 2 heterocycles. The number of allylic oxidation sites excluding steroid dienone is 4. The Morgan fingerprint density at radius 1 is 0.389 bits per heavy atom. The van der Waals surface area contributed by atoms with E-state index in [1.54, 1.807) is 30.6 Å². The van der Waals surface area contributed by atoms with Gasteiger partial charge in [0, 0.05) is 29.1 Å². The van der Waals surface area contributed by atoms with Crippen LogP contribution in [0.2, 0.25) is 0 Å². The third-order valence-corrected chi connectivity index (χ3v) is 9.84. The third kappa shape index (κ3) is 6.31. The van der Waals surface area contributed by atoms with E-state index in [-0.39, 0.29) is 23.1 Å². The first-order chi connectivity index (χ1) is 26.3. The third-order valence-electron chi connectivity index (χ3n) is 9.84. The second-order valence-corrected chi connectivity index (χ2v) is 13.4. The normalized spacial score (nSPS) is 12.9. The maximum absolute atomic E-state index is 14.3. The van der Waals surface area contributed by atoms with Crippen LogP contribution >= 0.6 is 0 Å². The fourth-order valence-corrected chi connectivity index (χ4v) is 7.10. The molecule has 1 aliphatic rings. The lowest BCUT2D eigenvalue weighted by atomic mass is 9.85. The van der Waals surface area contributed by atoms with Gasteiger partial charge in [-0.15, -0.1) is 0 Å². The minimum Gasteiger partial charge on any atom is -0.299 e. The molecule has 0 unspecified atom stereocenters. The molecular formula is C48H30F2N4. The monoisotopic (exact) mass is 700 g/mol. The molecule has 6 heteroatoms. The summed E-state index contributed by atoms with van der Waals surface area (Å²) in [7, 11) is 0. The Kier molecular flexibility index (Phi) is 8.13. The summed E-state index contributed by atoms with van der Waals surface area (Å²) in [5, 5.41) is 21.6. The van der Waals surface area contributed by atoms with Gasteiger partial charge in [0.15, 0.2) is 0 Å². The topological polar surface area (TPSA) is 73.5 Å². The minimum atomic E-state index is -0.300. The molecule has 0 amide bonds. The molecule has 6 aromatic carbocycles. The van der Waals surface area contributed by atoms with E-state index in [1.165, 1.54) is 24.3 Å². The number of aromatic nitrogens is 2. The molecule has 0 aliphatic heterocycles. The summed E-state index contributed by atoms with van der Waals surface area (Å²) in [5.41, 5.74) is 10.0. The number of rotatable bonds is 6. The predicted octanol–water partition coefficient (Wildman–Crippen LogP) is 12.2. The highest BCUT2D eigenvalue weighted by Crippen LogP contribution is 2.38. The Morgan fingerprint density at radius 3 is 1.41 bits per heavy atom. The van der Waals surface area contributed by atoms with Crippen LogP contribution < -0.4 is 0 Å². The Balaban J connectivity index is 1.21. The summed E-state index contributed by atoms with van der Waals surface area (Å²) >= 11 is 0. The summed E-state index contributed by atoms with van der Waals surface area (Å²) in [4.78, 5) is 9.26. The lowest BCUT2D eigenvalue weighted by molar-refractivity contribution is 0.629. The van der Waals surface area contributed by atoms with Crippen molar-refractivity contribution >= 4 is 44.1 Å². The molecule has 0 saturated heterocycles. The van der Waals surface area contributed by atoms with E-state index < -0.39 is 0 Å². The maximum Gasteiger partial charge on any atom is 0.123 e. The van der Waals surface area contributed by atoms with Crippen molar-refractivity contribution in [2.75, 3.05) is 0 Å². The molecule has 0 fully saturated rings. The highest BCUT2D eigenvalue weighted by molar-refractivity contribution is 6.61. The Morgan fingerprint density at radius 2 is 0.870 bits per heavy atom. The van der Waals surface area contributed by atoms with Gasteiger partial charge in [-0.1, -0.05) is 48.5 Å². The van der Waals surface area contributed by atoms with Crippen LogP contribution in [0.25, 0.3) is 77.5 Å². The molecule has 9 rings (SSSR count). The summed E-state index contributed by atoms with van der Waals surface area (Å²) < 4.78 is 28.5. The molecule has 0 radical (unpaired) electrons. The number of nitrogens with one attached hydrogen (secondary N) is 2. The van der Waals surface area contributed by atoms with E-state index in [4.69, 9.17) is 10.8 Å². The first-order valence-electron chi connectivity index (χ1n) is 17.5. The zero-order valence-electron chi connectivity index (χ0n) is 28.8. The van der Waals surface area contributed by atoms with Gasteiger partial charge in [0.1, 0.15) is 11.6 Å². The zero-order valence-corrected chi connectivity index (χ0v) is 28.8. The van der Waals surface area contributed by atoms with E-state index in [0.717, 1.165) is 83.0 Å². The lowest BCUT2D eigenvalue weighted by Gasteiger charge is -2.20. The molecule has 0 bridgehead atoms. The van der Waals surface area contributed by atoms with Gasteiger partial charge < -0.3 is 0 Å². The molecule has 0 spiro atoms. The number of benzene rings is 6. The van der Waals surface area contributed by atoms with Crippen LogP contribution in [-0.2, 0) is 0 Å². The van der Waals surface area contributed by atoms with Gasteiger partial charge in [0.05, 0.1) is 22.8 Å². The second kappa shape index (κ2) is 13.4. The number of pyridine rings is 2. The van der Waals surface area contributed by atoms with Gasteiger partial charge in [-0.25, -0.2) is 8.78 Å². The minimum absolute atomic E-state index is 0.0828. The van der Waals surface area contributed by atoms with Crippen molar-refractivity contribution in [2.24, 2.45) is 0 Å². The maximum atomic E-state index is 14.3. The van der Waals surface area contributed by atoms with Gasteiger partial charge in [-0.05, 0) is 170 Å². The standard InChI is InChI=1S/C48H30F2N4/c49-42-13-11-29-7-9-31(17-36(29)25-42)33-19-35(23-40(21-33)46-5-1-3-15-53-46)38-27-44(48(52)45(51)28-38)39-20-34(22-41(24-39)47-6-2-4-16-54-47)32-10-8-30-12-14-43(50)26-37(30)18-32/h1-28,51-52H. The molecule has 2 N–H and O–H groups in total. The fraction of sp³-hybridized carbons (Fsp3) is 0. The molecule has 0 saturated carbocycles. The van der Waals surface area contributed by atoms with Crippen LogP contribution in [0.4, 0.5) is 8.78 Å². The van der Waals surface area contributed by atoms with Crippen LogP contribution in [-0.4, -0.2) is 21.4 Å². The lowest BCUT2D eigenvalue weighted by Crippen LogP contribution is -2.16. The van der Waals surface area contributed by atoms with E-state index in [2.05, 4.69) is 34.2 Å². The van der Waals surface area contributed by atoms with Gasteiger partial charge >= 0.3 is 0 Å². The van der Waals surface area contributed by atoms with Crippen molar-refractivity contribution < 1.29 is 8.78 Å². The number of hydrogen-bond acceptors (Lipinski definition) is 4. The Hall–Kier alpha value is -7.18. The van der Waals surface area contributed by atoms with E-state index >= 15 is 0 Å². The summed E-state index contributed by atoms with van der Waals surface area (Å²) in [5.74, 6) is -0.593. The molecule has 54 heavy (non-hydrogen) atoms. The summed E-state index contributed by atoms with van der Waals surface area (Å²) in [6, 6.07) is 45.3. The number of halogens is 2. The molecule has 4 nitrogen and oxygen atoms in total. The molecule has 0 atom stereocenters. The van der Waals surface area contributed by atoms with Gasteiger partial charge in [0.25, 0.3) is 0 Å². The Bertz CT molecular complexity index is 2880. The van der Waals surface area contributed by atoms with E-state index in [1.807, 2.05) is 91.0 Å². The largest absolute Gasteiger partial charge is 0.299 e. The number of nitrogens with zero attached hydrogens (tertiary/aromatic N) is 2. The quantitative estimate of drug-likeness (QED) is 0.169. The Labute approximate surface area is 310 Å². The van der Waals surface area contributed by atoms with Crippen molar-refractivity contribution in [3.8, 4) is 44.8 Å². The molecular weight excluding hydrogens is 671 g/mol. The van der Waals surface area contributed by atoms with Crippen molar-refractivity contribution in [2.45, 2.75) is 0 Å². The highest BCUT2D eigenvalue weighted by Gasteiger charge is 2.21. The molecule has 256 valence electrons. The molecule has 1 aliphatic carbocycles.